The smallest absolute Gasteiger partial charge is 0.194 e. The van der Waals surface area contributed by atoms with Crippen molar-refractivity contribution in [3.63, 3.8) is 0 Å². The van der Waals surface area contributed by atoms with Gasteiger partial charge in [-0.25, -0.2) is 0 Å². The zero-order chi connectivity index (χ0) is 13.7. The highest BCUT2D eigenvalue weighted by Crippen LogP contribution is 2.15. The van der Waals surface area contributed by atoms with Crippen molar-refractivity contribution in [2.75, 3.05) is 20.1 Å². The second-order valence-corrected chi connectivity index (χ2v) is 5.13. The lowest BCUT2D eigenvalue weighted by Gasteiger charge is -2.33. The minimum atomic E-state index is 0.672. The second-order valence-electron chi connectivity index (χ2n) is 5.13. The van der Waals surface area contributed by atoms with Gasteiger partial charge in [-0.2, -0.15) is 0 Å². The molecule has 1 aliphatic heterocycles. The zero-order valence-electron chi connectivity index (χ0n) is 12.1. The van der Waals surface area contributed by atoms with Crippen molar-refractivity contribution in [1.82, 2.24) is 25.0 Å². The molecule has 2 rings (SSSR count). The lowest BCUT2D eigenvalue weighted by Crippen LogP contribution is -2.46. The molecule has 1 atom stereocenters. The van der Waals surface area contributed by atoms with Gasteiger partial charge in [-0.15, -0.1) is 10.2 Å². The van der Waals surface area contributed by atoms with Gasteiger partial charge in [0.15, 0.2) is 11.8 Å². The minimum Gasteiger partial charge on any atom is -0.349 e. The van der Waals surface area contributed by atoms with Crippen LogP contribution in [0.1, 0.15) is 32.5 Å². The number of aryl methyl sites for hydroxylation is 1. The van der Waals surface area contributed by atoms with E-state index in [1.54, 1.807) is 6.33 Å². The maximum Gasteiger partial charge on any atom is 0.194 e. The Bertz CT molecular complexity index is 425. The highest BCUT2D eigenvalue weighted by atomic mass is 15.3. The Morgan fingerprint density at radius 3 is 3.11 bits per heavy atom. The van der Waals surface area contributed by atoms with Crippen LogP contribution in [0.3, 0.4) is 0 Å². The van der Waals surface area contributed by atoms with E-state index in [9.17, 15) is 0 Å². The number of nitrogens with zero attached hydrogens (tertiary/aromatic N) is 5. The molecule has 1 saturated heterocycles. The third kappa shape index (κ3) is 3.45. The molecule has 1 unspecified atom stereocenters. The summed E-state index contributed by atoms with van der Waals surface area (Å²) < 4.78 is 2.04. The quantitative estimate of drug-likeness (QED) is 0.656. The van der Waals surface area contributed by atoms with Crippen LogP contribution in [0.15, 0.2) is 11.3 Å². The molecule has 0 spiro atoms. The first-order chi connectivity index (χ1) is 9.24. The van der Waals surface area contributed by atoms with Gasteiger partial charge in [0.25, 0.3) is 0 Å². The Labute approximate surface area is 114 Å². The van der Waals surface area contributed by atoms with Gasteiger partial charge in [0.1, 0.15) is 6.33 Å². The number of aliphatic imine (C=N–C) groups is 1. The number of guanidine groups is 1. The van der Waals surface area contributed by atoms with Crippen LogP contribution in [0.4, 0.5) is 0 Å². The third-order valence-electron chi connectivity index (χ3n) is 3.61. The lowest BCUT2D eigenvalue weighted by molar-refractivity contribution is 0.265. The number of rotatable bonds is 3. The van der Waals surface area contributed by atoms with E-state index >= 15 is 0 Å². The van der Waals surface area contributed by atoms with Crippen molar-refractivity contribution in [2.24, 2.45) is 10.9 Å². The molecular weight excluding hydrogens is 240 g/mol. The van der Waals surface area contributed by atoms with E-state index in [2.05, 4.69) is 39.3 Å². The number of hydrogen-bond acceptors (Lipinski definition) is 3. The molecule has 0 aromatic carbocycles. The Morgan fingerprint density at radius 2 is 2.42 bits per heavy atom. The summed E-state index contributed by atoms with van der Waals surface area (Å²) in [6.45, 7) is 8.13. The fourth-order valence-electron chi connectivity index (χ4n) is 2.55. The molecule has 106 valence electrons. The Kier molecular flexibility index (Phi) is 4.76. The molecule has 1 aromatic heterocycles. The first-order valence-electron chi connectivity index (χ1n) is 7.06. The van der Waals surface area contributed by atoms with E-state index in [0.717, 1.165) is 37.3 Å². The molecule has 1 N–H and O–H groups in total. The SMILES string of the molecule is CCn1cnnc1CNC(=NC)N1CCCC(C)C1. The van der Waals surface area contributed by atoms with E-state index in [1.165, 1.54) is 12.8 Å². The average Bonchev–Trinajstić information content (AvgIpc) is 2.87. The molecule has 6 heteroatoms. The molecule has 0 aliphatic carbocycles. The van der Waals surface area contributed by atoms with Gasteiger partial charge in [0.2, 0.25) is 0 Å². The fourth-order valence-corrected chi connectivity index (χ4v) is 2.55. The van der Waals surface area contributed by atoms with Crippen LogP contribution in [0, 0.1) is 5.92 Å². The molecule has 0 bridgehead atoms. The van der Waals surface area contributed by atoms with E-state index in [-0.39, 0.29) is 0 Å². The van der Waals surface area contributed by atoms with Crippen LogP contribution >= 0.6 is 0 Å². The van der Waals surface area contributed by atoms with Gasteiger partial charge < -0.3 is 14.8 Å². The summed E-state index contributed by atoms with van der Waals surface area (Å²) in [5, 5.41) is 11.5. The van der Waals surface area contributed by atoms with Gasteiger partial charge >= 0.3 is 0 Å². The topological polar surface area (TPSA) is 58.3 Å². The zero-order valence-corrected chi connectivity index (χ0v) is 12.1. The number of hydrogen-bond donors (Lipinski definition) is 1. The first kappa shape index (κ1) is 13.8. The predicted molar refractivity (Wildman–Crippen MR) is 75.9 cm³/mol. The van der Waals surface area contributed by atoms with Crippen LogP contribution in [-0.2, 0) is 13.1 Å². The van der Waals surface area contributed by atoms with Crippen molar-refractivity contribution in [3.8, 4) is 0 Å². The fraction of sp³-hybridized carbons (Fsp3) is 0.769. The van der Waals surface area contributed by atoms with Gasteiger partial charge in [0, 0.05) is 26.7 Å². The predicted octanol–water partition coefficient (Wildman–Crippen LogP) is 1.11. The van der Waals surface area contributed by atoms with Gasteiger partial charge in [-0.1, -0.05) is 6.92 Å². The Morgan fingerprint density at radius 1 is 1.58 bits per heavy atom. The summed E-state index contributed by atoms with van der Waals surface area (Å²) in [5.41, 5.74) is 0. The van der Waals surface area contributed by atoms with Crippen molar-refractivity contribution in [3.05, 3.63) is 12.2 Å². The molecule has 1 aromatic rings. The second kappa shape index (κ2) is 6.54. The molecule has 0 amide bonds. The normalized spacial score (nSPS) is 20.7. The van der Waals surface area contributed by atoms with E-state index in [4.69, 9.17) is 0 Å². The van der Waals surface area contributed by atoms with Crippen molar-refractivity contribution in [2.45, 2.75) is 39.8 Å². The molecular formula is C13H24N6. The van der Waals surface area contributed by atoms with Crippen LogP contribution < -0.4 is 5.32 Å². The summed E-state index contributed by atoms with van der Waals surface area (Å²) in [6.07, 6.45) is 4.33. The number of likely N-dealkylation sites (tertiary alicyclic amines) is 1. The summed E-state index contributed by atoms with van der Waals surface area (Å²) in [6, 6.07) is 0. The largest absolute Gasteiger partial charge is 0.349 e. The van der Waals surface area contributed by atoms with Crippen LogP contribution in [0.2, 0.25) is 0 Å². The van der Waals surface area contributed by atoms with Crippen LogP contribution in [-0.4, -0.2) is 45.8 Å². The molecule has 19 heavy (non-hydrogen) atoms. The number of nitrogens with one attached hydrogen (secondary N) is 1. The minimum absolute atomic E-state index is 0.672. The maximum absolute atomic E-state index is 4.38. The van der Waals surface area contributed by atoms with E-state index < -0.39 is 0 Å². The van der Waals surface area contributed by atoms with E-state index in [0.29, 0.717) is 6.54 Å². The van der Waals surface area contributed by atoms with Gasteiger partial charge in [0.05, 0.1) is 6.54 Å². The Balaban J connectivity index is 1.93. The summed E-state index contributed by atoms with van der Waals surface area (Å²) in [4.78, 5) is 6.71. The Hall–Kier alpha value is -1.59. The third-order valence-corrected chi connectivity index (χ3v) is 3.61. The number of aromatic nitrogens is 3. The summed E-state index contributed by atoms with van der Waals surface area (Å²) in [7, 11) is 1.84. The highest BCUT2D eigenvalue weighted by molar-refractivity contribution is 5.79. The lowest BCUT2D eigenvalue weighted by atomic mass is 10.0. The molecule has 2 heterocycles. The first-order valence-corrected chi connectivity index (χ1v) is 7.06. The summed E-state index contributed by atoms with van der Waals surface area (Å²) >= 11 is 0. The number of piperidine rings is 1. The highest BCUT2D eigenvalue weighted by Gasteiger charge is 2.19. The molecule has 1 fully saturated rings. The standard InChI is InChI=1S/C13H24N6/c1-4-18-10-16-17-12(18)8-15-13(14-3)19-7-5-6-11(2)9-19/h10-11H,4-9H2,1-3H3,(H,14,15). The maximum atomic E-state index is 4.38. The van der Waals surface area contributed by atoms with Crippen molar-refractivity contribution in [1.29, 1.82) is 0 Å². The van der Waals surface area contributed by atoms with Crippen LogP contribution in [0.5, 0.6) is 0 Å². The molecule has 0 radical (unpaired) electrons. The van der Waals surface area contributed by atoms with Crippen molar-refractivity contribution < 1.29 is 0 Å². The monoisotopic (exact) mass is 264 g/mol. The average molecular weight is 264 g/mol. The van der Waals surface area contributed by atoms with Gasteiger partial charge in [-0.3, -0.25) is 4.99 Å². The van der Waals surface area contributed by atoms with E-state index in [1.807, 2.05) is 11.6 Å². The molecule has 6 nitrogen and oxygen atoms in total. The van der Waals surface area contributed by atoms with Crippen LogP contribution in [0.25, 0.3) is 0 Å². The molecule has 0 saturated carbocycles. The van der Waals surface area contributed by atoms with Gasteiger partial charge in [-0.05, 0) is 25.7 Å². The van der Waals surface area contributed by atoms with Crippen molar-refractivity contribution >= 4 is 5.96 Å². The molecule has 1 aliphatic rings. The summed E-state index contributed by atoms with van der Waals surface area (Å²) in [5.74, 6) is 2.66.